The third-order valence-electron chi connectivity index (χ3n) is 2.76. The van der Waals surface area contributed by atoms with Crippen LogP contribution in [0, 0.1) is 0 Å². The summed E-state index contributed by atoms with van der Waals surface area (Å²) in [6.07, 6.45) is 4.58. The summed E-state index contributed by atoms with van der Waals surface area (Å²) >= 11 is 6.11. The first kappa shape index (κ1) is 11.7. The highest BCUT2D eigenvalue weighted by molar-refractivity contribution is 6.33. The summed E-state index contributed by atoms with van der Waals surface area (Å²) in [6, 6.07) is 7.01. The lowest BCUT2D eigenvalue weighted by molar-refractivity contribution is 0.0690. The van der Waals surface area contributed by atoms with E-state index in [0.717, 1.165) is 0 Å². The van der Waals surface area contributed by atoms with Crippen molar-refractivity contribution in [1.82, 2.24) is 14.4 Å². The Morgan fingerprint density at radius 2 is 2.11 bits per heavy atom. The number of imidazole rings is 1. The molecule has 0 aliphatic carbocycles. The Morgan fingerprint density at radius 1 is 1.32 bits per heavy atom. The third kappa shape index (κ3) is 1.84. The van der Waals surface area contributed by atoms with Crippen molar-refractivity contribution in [3.05, 3.63) is 53.6 Å². The molecule has 6 heteroatoms. The van der Waals surface area contributed by atoms with Gasteiger partial charge in [-0.05, 0) is 6.07 Å². The van der Waals surface area contributed by atoms with Crippen LogP contribution in [0.4, 0.5) is 0 Å². The second kappa shape index (κ2) is 4.37. The molecule has 0 saturated carbocycles. The van der Waals surface area contributed by atoms with Gasteiger partial charge in [0.25, 0.3) is 0 Å². The SMILES string of the molecule is O=C(O)c1c(-c2ccccc2Cl)nc2cnccn12. The average Bonchev–Trinajstić information content (AvgIpc) is 2.78. The van der Waals surface area contributed by atoms with Crippen LogP contribution in [0.15, 0.2) is 42.9 Å². The summed E-state index contributed by atoms with van der Waals surface area (Å²) in [5.41, 5.74) is 1.47. The Morgan fingerprint density at radius 3 is 2.84 bits per heavy atom. The zero-order chi connectivity index (χ0) is 13.4. The Balaban J connectivity index is 2.38. The predicted octanol–water partition coefficient (Wildman–Crippen LogP) is 2.75. The quantitative estimate of drug-likeness (QED) is 0.779. The molecule has 19 heavy (non-hydrogen) atoms. The molecule has 0 radical (unpaired) electrons. The van der Waals surface area contributed by atoms with Crippen molar-refractivity contribution < 1.29 is 9.90 Å². The molecule has 0 atom stereocenters. The number of hydrogen-bond donors (Lipinski definition) is 1. The van der Waals surface area contributed by atoms with Gasteiger partial charge >= 0.3 is 5.97 Å². The summed E-state index contributed by atoms with van der Waals surface area (Å²) in [5, 5.41) is 9.84. The zero-order valence-electron chi connectivity index (χ0n) is 9.62. The number of aromatic carboxylic acids is 1. The van der Waals surface area contributed by atoms with Gasteiger partial charge in [0.15, 0.2) is 11.3 Å². The average molecular weight is 274 g/mol. The van der Waals surface area contributed by atoms with Gasteiger partial charge in [0, 0.05) is 18.0 Å². The van der Waals surface area contributed by atoms with E-state index in [1.165, 1.54) is 16.8 Å². The molecule has 2 heterocycles. The van der Waals surface area contributed by atoms with E-state index in [1.807, 2.05) is 0 Å². The molecule has 2 aromatic heterocycles. The minimum absolute atomic E-state index is 0.0745. The highest BCUT2D eigenvalue weighted by atomic mass is 35.5. The van der Waals surface area contributed by atoms with Gasteiger partial charge in [-0.15, -0.1) is 0 Å². The Bertz CT molecular complexity index is 782. The first-order chi connectivity index (χ1) is 9.18. The number of carbonyl (C=O) groups is 1. The van der Waals surface area contributed by atoms with Crippen molar-refractivity contribution in [2.24, 2.45) is 0 Å². The molecule has 0 bridgehead atoms. The van der Waals surface area contributed by atoms with Crippen LogP contribution in [0.1, 0.15) is 10.5 Å². The van der Waals surface area contributed by atoms with Crippen LogP contribution >= 0.6 is 11.6 Å². The molecule has 0 fully saturated rings. The molecule has 1 aromatic carbocycles. The lowest BCUT2D eigenvalue weighted by Gasteiger charge is -2.02. The lowest BCUT2D eigenvalue weighted by atomic mass is 10.1. The smallest absolute Gasteiger partial charge is 0.355 e. The lowest BCUT2D eigenvalue weighted by Crippen LogP contribution is -2.03. The fourth-order valence-corrected chi connectivity index (χ4v) is 2.18. The van der Waals surface area contributed by atoms with Crippen LogP contribution in [0.2, 0.25) is 5.02 Å². The molecule has 0 amide bonds. The number of halogens is 1. The van der Waals surface area contributed by atoms with E-state index in [-0.39, 0.29) is 5.69 Å². The first-order valence-corrected chi connectivity index (χ1v) is 5.86. The number of carboxylic acids is 1. The van der Waals surface area contributed by atoms with Crippen LogP contribution in [0.5, 0.6) is 0 Å². The highest BCUT2D eigenvalue weighted by Gasteiger charge is 2.21. The topological polar surface area (TPSA) is 67.5 Å². The number of aromatic nitrogens is 3. The van der Waals surface area contributed by atoms with Crippen LogP contribution < -0.4 is 0 Å². The van der Waals surface area contributed by atoms with Gasteiger partial charge in [0.2, 0.25) is 0 Å². The number of nitrogens with zero attached hydrogens (tertiary/aromatic N) is 3. The Labute approximate surface area is 113 Å². The van der Waals surface area contributed by atoms with Crippen LogP contribution in [0.25, 0.3) is 16.9 Å². The summed E-state index contributed by atoms with van der Waals surface area (Å²) < 4.78 is 1.48. The van der Waals surface area contributed by atoms with Crippen molar-refractivity contribution in [3.63, 3.8) is 0 Å². The van der Waals surface area contributed by atoms with Crippen molar-refractivity contribution in [2.45, 2.75) is 0 Å². The van der Waals surface area contributed by atoms with Crippen LogP contribution in [-0.2, 0) is 0 Å². The number of benzene rings is 1. The third-order valence-corrected chi connectivity index (χ3v) is 3.09. The summed E-state index contributed by atoms with van der Waals surface area (Å²) in [7, 11) is 0. The molecule has 3 aromatic rings. The maximum absolute atomic E-state index is 11.5. The monoisotopic (exact) mass is 273 g/mol. The van der Waals surface area contributed by atoms with Crippen LogP contribution in [0.3, 0.4) is 0 Å². The number of rotatable bonds is 2. The maximum Gasteiger partial charge on any atom is 0.355 e. The van der Waals surface area contributed by atoms with Gasteiger partial charge in [-0.3, -0.25) is 9.38 Å². The van der Waals surface area contributed by atoms with Crippen molar-refractivity contribution in [3.8, 4) is 11.3 Å². The molecular formula is C13H8ClN3O2. The molecule has 94 valence electrons. The molecule has 0 spiro atoms. The first-order valence-electron chi connectivity index (χ1n) is 5.49. The number of fused-ring (bicyclic) bond motifs is 1. The normalized spacial score (nSPS) is 10.8. The minimum Gasteiger partial charge on any atom is -0.476 e. The van der Waals surface area contributed by atoms with Gasteiger partial charge in [0.1, 0.15) is 5.69 Å². The van der Waals surface area contributed by atoms with Gasteiger partial charge in [0.05, 0.1) is 11.2 Å². The molecule has 0 saturated heterocycles. The fraction of sp³-hybridized carbons (Fsp3) is 0. The Kier molecular flexibility index (Phi) is 2.68. The number of carboxylic acid groups (broad SMARTS) is 1. The van der Waals surface area contributed by atoms with Gasteiger partial charge in [-0.25, -0.2) is 9.78 Å². The number of hydrogen-bond acceptors (Lipinski definition) is 3. The van der Waals surface area contributed by atoms with E-state index in [1.54, 1.807) is 30.5 Å². The predicted molar refractivity (Wildman–Crippen MR) is 70.4 cm³/mol. The molecule has 0 aliphatic rings. The van der Waals surface area contributed by atoms with Gasteiger partial charge in [-0.2, -0.15) is 0 Å². The largest absolute Gasteiger partial charge is 0.476 e. The van der Waals surface area contributed by atoms with E-state index >= 15 is 0 Å². The van der Waals surface area contributed by atoms with E-state index in [4.69, 9.17) is 11.6 Å². The highest BCUT2D eigenvalue weighted by Crippen LogP contribution is 2.30. The van der Waals surface area contributed by atoms with E-state index in [9.17, 15) is 9.90 Å². The van der Waals surface area contributed by atoms with Gasteiger partial charge in [-0.1, -0.05) is 29.8 Å². The molecule has 0 unspecified atom stereocenters. The molecule has 1 N–H and O–H groups in total. The standard InChI is InChI=1S/C13H8ClN3O2/c14-9-4-2-1-3-8(9)11-12(13(18)19)17-6-5-15-7-10(17)16-11/h1-7H,(H,18,19). The van der Waals surface area contributed by atoms with Crippen molar-refractivity contribution in [2.75, 3.05) is 0 Å². The molecule has 0 aliphatic heterocycles. The maximum atomic E-state index is 11.5. The summed E-state index contributed by atoms with van der Waals surface area (Å²) in [4.78, 5) is 19.7. The van der Waals surface area contributed by atoms with E-state index in [0.29, 0.717) is 21.9 Å². The van der Waals surface area contributed by atoms with Crippen molar-refractivity contribution in [1.29, 1.82) is 0 Å². The fourth-order valence-electron chi connectivity index (χ4n) is 1.95. The van der Waals surface area contributed by atoms with Crippen molar-refractivity contribution >= 4 is 23.2 Å². The molecular weight excluding hydrogens is 266 g/mol. The summed E-state index contributed by atoms with van der Waals surface area (Å²) in [6.45, 7) is 0. The van der Waals surface area contributed by atoms with Gasteiger partial charge < -0.3 is 5.11 Å². The van der Waals surface area contributed by atoms with Crippen LogP contribution in [-0.4, -0.2) is 25.4 Å². The van der Waals surface area contributed by atoms with E-state index < -0.39 is 5.97 Å². The Hall–Kier alpha value is -2.40. The summed E-state index contributed by atoms with van der Waals surface area (Å²) in [5.74, 6) is -1.06. The zero-order valence-corrected chi connectivity index (χ0v) is 10.4. The van der Waals surface area contributed by atoms with E-state index in [2.05, 4.69) is 9.97 Å². The molecule has 3 rings (SSSR count). The molecule has 5 nitrogen and oxygen atoms in total. The second-order valence-electron chi connectivity index (χ2n) is 3.90. The second-order valence-corrected chi connectivity index (χ2v) is 4.31. The minimum atomic E-state index is -1.06.